The van der Waals surface area contributed by atoms with Gasteiger partial charge in [0.25, 0.3) is 0 Å². The number of likely N-dealkylation sites (N-methyl/N-ethyl adjacent to an activating group) is 1. The van der Waals surface area contributed by atoms with Gasteiger partial charge in [-0.1, -0.05) is 25.9 Å². The summed E-state index contributed by atoms with van der Waals surface area (Å²) < 4.78 is 10.5. The van der Waals surface area contributed by atoms with E-state index in [1.807, 2.05) is 6.92 Å². The van der Waals surface area contributed by atoms with Crippen molar-refractivity contribution in [3.05, 3.63) is 11.7 Å². The number of nitrogens with zero attached hydrogens (tertiary/aromatic N) is 2. The maximum atomic E-state index is 5.34. The number of hydrogen-bond acceptors (Lipinski definition) is 5. The molecule has 1 heterocycles. The van der Waals surface area contributed by atoms with Crippen molar-refractivity contribution in [2.75, 3.05) is 13.7 Å². The fourth-order valence-corrected chi connectivity index (χ4v) is 1.98. The molecule has 1 N–H and O–H groups in total. The lowest BCUT2D eigenvalue weighted by Crippen LogP contribution is -2.33. The molecule has 0 aliphatic heterocycles. The second kappa shape index (κ2) is 7.48. The zero-order valence-electron chi connectivity index (χ0n) is 12.1. The summed E-state index contributed by atoms with van der Waals surface area (Å²) in [6.45, 7) is 9.33. The van der Waals surface area contributed by atoms with Gasteiger partial charge in [0.15, 0.2) is 5.82 Å². The molecule has 0 aliphatic carbocycles. The molecule has 1 rings (SSSR count). The summed E-state index contributed by atoms with van der Waals surface area (Å²) in [6, 6.07) is 0.378. The van der Waals surface area contributed by atoms with Gasteiger partial charge < -0.3 is 14.6 Å². The van der Waals surface area contributed by atoms with Gasteiger partial charge in [0.2, 0.25) is 5.89 Å². The van der Waals surface area contributed by atoms with Gasteiger partial charge in [-0.05, 0) is 19.9 Å². The van der Waals surface area contributed by atoms with Crippen molar-refractivity contribution in [2.45, 2.75) is 58.6 Å². The molecule has 1 aromatic heterocycles. The Morgan fingerprint density at radius 2 is 2.06 bits per heavy atom. The molecule has 0 radical (unpaired) electrons. The Balaban J connectivity index is 2.66. The van der Waals surface area contributed by atoms with Crippen LogP contribution in [0.3, 0.4) is 0 Å². The molecule has 18 heavy (non-hydrogen) atoms. The first-order valence-corrected chi connectivity index (χ1v) is 6.70. The fraction of sp³-hybridized carbons (Fsp3) is 0.846. The quantitative estimate of drug-likeness (QED) is 0.771. The minimum absolute atomic E-state index is 0.112. The third-order valence-electron chi connectivity index (χ3n) is 3.26. The summed E-state index contributed by atoms with van der Waals surface area (Å²) in [6.07, 6.45) is 1.84. The predicted molar refractivity (Wildman–Crippen MR) is 70.6 cm³/mol. The molecule has 0 spiro atoms. The molecule has 3 unspecified atom stereocenters. The van der Waals surface area contributed by atoms with Crippen molar-refractivity contribution >= 4 is 0 Å². The van der Waals surface area contributed by atoms with Crippen molar-refractivity contribution in [1.82, 2.24) is 15.5 Å². The van der Waals surface area contributed by atoms with Gasteiger partial charge in [0.05, 0.1) is 12.0 Å². The van der Waals surface area contributed by atoms with E-state index in [9.17, 15) is 0 Å². The molecule has 5 heteroatoms. The number of hydrogen-bond donors (Lipinski definition) is 1. The van der Waals surface area contributed by atoms with Crippen molar-refractivity contribution in [1.29, 1.82) is 0 Å². The van der Waals surface area contributed by atoms with Gasteiger partial charge in [0.1, 0.15) is 0 Å². The van der Waals surface area contributed by atoms with Crippen LogP contribution in [-0.2, 0) is 11.2 Å². The average molecular weight is 255 g/mol. The Labute approximate surface area is 109 Å². The highest BCUT2D eigenvalue weighted by molar-refractivity contribution is 4.98. The standard InChI is InChI=1S/C13H25N3O2/c1-6-11(14-7-2)10(4)13-15-12(16-18-13)8-9(3)17-5/h9-11,14H,6-8H2,1-5H3. The van der Waals surface area contributed by atoms with Crippen LogP contribution in [0.2, 0.25) is 0 Å². The number of rotatable bonds is 8. The molecule has 0 saturated heterocycles. The number of methoxy groups -OCH3 is 1. The summed E-state index contributed by atoms with van der Waals surface area (Å²) in [7, 11) is 1.69. The normalized spacial score (nSPS) is 16.5. The Bertz CT molecular complexity index is 341. The maximum absolute atomic E-state index is 5.34. The number of ether oxygens (including phenoxy) is 1. The molecule has 5 nitrogen and oxygen atoms in total. The van der Waals surface area contributed by atoms with Crippen LogP contribution in [0.15, 0.2) is 4.52 Å². The molecule has 3 atom stereocenters. The van der Waals surface area contributed by atoms with Crippen LogP contribution in [0.5, 0.6) is 0 Å². The van der Waals surface area contributed by atoms with E-state index < -0.39 is 0 Å². The lowest BCUT2D eigenvalue weighted by molar-refractivity contribution is 0.116. The van der Waals surface area contributed by atoms with E-state index in [2.05, 4.69) is 36.2 Å². The third-order valence-corrected chi connectivity index (χ3v) is 3.26. The van der Waals surface area contributed by atoms with Crippen LogP contribution in [0.1, 0.15) is 51.7 Å². The van der Waals surface area contributed by atoms with Gasteiger partial charge in [-0.15, -0.1) is 0 Å². The second-order valence-electron chi connectivity index (χ2n) is 4.66. The van der Waals surface area contributed by atoms with E-state index >= 15 is 0 Å². The fourth-order valence-electron chi connectivity index (χ4n) is 1.98. The number of aromatic nitrogens is 2. The van der Waals surface area contributed by atoms with Gasteiger partial charge in [-0.25, -0.2) is 0 Å². The topological polar surface area (TPSA) is 60.2 Å². The van der Waals surface area contributed by atoms with Crippen LogP contribution >= 0.6 is 0 Å². The highest BCUT2D eigenvalue weighted by atomic mass is 16.5. The van der Waals surface area contributed by atoms with Crippen molar-refractivity contribution < 1.29 is 9.26 Å². The Hall–Kier alpha value is -0.940. The van der Waals surface area contributed by atoms with E-state index in [1.54, 1.807) is 7.11 Å². The summed E-state index contributed by atoms with van der Waals surface area (Å²) in [5.74, 6) is 1.66. The van der Waals surface area contributed by atoms with Gasteiger partial charge in [-0.2, -0.15) is 4.98 Å². The first-order chi connectivity index (χ1) is 8.62. The minimum atomic E-state index is 0.112. The first-order valence-electron chi connectivity index (χ1n) is 6.70. The van der Waals surface area contributed by atoms with Crippen molar-refractivity contribution in [3.8, 4) is 0 Å². The Morgan fingerprint density at radius 1 is 1.33 bits per heavy atom. The monoisotopic (exact) mass is 255 g/mol. The molecule has 0 saturated carbocycles. The zero-order valence-corrected chi connectivity index (χ0v) is 12.1. The maximum Gasteiger partial charge on any atom is 0.231 e. The van der Waals surface area contributed by atoms with Crippen LogP contribution in [0.4, 0.5) is 0 Å². The van der Waals surface area contributed by atoms with E-state index in [4.69, 9.17) is 9.26 Å². The molecular weight excluding hydrogens is 230 g/mol. The highest BCUT2D eigenvalue weighted by Crippen LogP contribution is 2.19. The largest absolute Gasteiger partial charge is 0.381 e. The first kappa shape index (κ1) is 15.1. The Kier molecular flexibility index (Phi) is 6.29. The molecule has 0 aliphatic rings. The summed E-state index contributed by atoms with van der Waals surface area (Å²) >= 11 is 0. The van der Waals surface area contributed by atoms with Gasteiger partial charge >= 0.3 is 0 Å². The van der Waals surface area contributed by atoms with Crippen LogP contribution in [-0.4, -0.2) is 35.9 Å². The van der Waals surface area contributed by atoms with Crippen molar-refractivity contribution in [3.63, 3.8) is 0 Å². The van der Waals surface area contributed by atoms with E-state index in [-0.39, 0.29) is 12.0 Å². The second-order valence-corrected chi connectivity index (χ2v) is 4.66. The minimum Gasteiger partial charge on any atom is -0.381 e. The molecule has 0 amide bonds. The summed E-state index contributed by atoms with van der Waals surface area (Å²) in [4.78, 5) is 4.45. The molecule has 0 aromatic carbocycles. The molecule has 104 valence electrons. The molecule has 1 aromatic rings. The average Bonchev–Trinajstić information content (AvgIpc) is 2.83. The predicted octanol–water partition coefficient (Wildman–Crippen LogP) is 2.14. The number of nitrogens with one attached hydrogen (secondary N) is 1. The van der Waals surface area contributed by atoms with E-state index in [0.29, 0.717) is 18.4 Å². The molecule has 0 fully saturated rings. The summed E-state index contributed by atoms with van der Waals surface area (Å²) in [5.41, 5.74) is 0. The molecule has 0 bridgehead atoms. The highest BCUT2D eigenvalue weighted by Gasteiger charge is 2.22. The SMILES string of the molecule is CCNC(CC)C(C)c1nc(CC(C)OC)no1. The smallest absolute Gasteiger partial charge is 0.231 e. The lowest BCUT2D eigenvalue weighted by Gasteiger charge is -2.20. The van der Waals surface area contributed by atoms with Gasteiger partial charge in [-0.3, -0.25) is 0 Å². The van der Waals surface area contributed by atoms with E-state index in [0.717, 1.165) is 18.8 Å². The van der Waals surface area contributed by atoms with E-state index in [1.165, 1.54) is 0 Å². The lowest BCUT2D eigenvalue weighted by atomic mass is 9.99. The van der Waals surface area contributed by atoms with Gasteiger partial charge in [0, 0.05) is 19.6 Å². The van der Waals surface area contributed by atoms with Crippen LogP contribution in [0.25, 0.3) is 0 Å². The van der Waals surface area contributed by atoms with Crippen LogP contribution in [0, 0.1) is 0 Å². The molecular formula is C13H25N3O2. The Morgan fingerprint density at radius 3 is 2.61 bits per heavy atom. The van der Waals surface area contributed by atoms with Crippen molar-refractivity contribution in [2.24, 2.45) is 0 Å². The zero-order chi connectivity index (χ0) is 13.5. The van der Waals surface area contributed by atoms with Crippen LogP contribution < -0.4 is 5.32 Å². The third kappa shape index (κ3) is 4.07. The summed E-state index contributed by atoms with van der Waals surface area (Å²) in [5, 5.41) is 7.45.